The summed E-state index contributed by atoms with van der Waals surface area (Å²) in [7, 11) is 0. The van der Waals surface area contributed by atoms with Gasteiger partial charge in [0.25, 0.3) is 0 Å². The zero-order chi connectivity index (χ0) is 15.4. The first-order valence-corrected chi connectivity index (χ1v) is 8.33. The van der Waals surface area contributed by atoms with Crippen LogP contribution in [0.3, 0.4) is 0 Å². The molecule has 0 bridgehead atoms. The number of hydrogen-bond acceptors (Lipinski definition) is 2. The van der Waals surface area contributed by atoms with Gasteiger partial charge in [-0.05, 0) is 48.6 Å². The summed E-state index contributed by atoms with van der Waals surface area (Å²) in [6, 6.07) is 22.2. The molecule has 2 aliphatic carbocycles. The average molecular weight is 294 g/mol. The highest BCUT2D eigenvalue weighted by atomic mass is 14.7. The summed E-state index contributed by atoms with van der Waals surface area (Å²) in [5.74, 6) is 1.48. The van der Waals surface area contributed by atoms with Crippen molar-refractivity contribution >= 4 is 0 Å². The van der Waals surface area contributed by atoms with Crippen molar-refractivity contribution in [1.82, 2.24) is 0 Å². The molecule has 0 radical (unpaired) electrons. The molecule has 2 heteroatoms. The van der Waals surface area contributed by atoms with Gasteiger partial charge in [0.15, 0.2) is 0 Å². The fourth-order valence-electron chi connectivity index (χ4n) is 3.32. The van der Waals surface area contributed by atoms with E-state index < -0.39 is 0 Å². The number of nitrogens with two attached hydrogens (primary N) is 2. The Bertz CT molecular complexity index is 501. The third-order valence-electron chi connectivity index (χ3n) is 4.89. The maximum Gasteiger partial charge on any atom is 0.00504 e. The van der Waals surface area contributed by atoms with Gasteiger partial charge >= 0.3 is 0 Å². The molecule has 2 fully saturated rings. The Morgan fingerprint density at radius 1 is 0.545 bits per heavy atom. The first-order valence-electron chi connectivity index (χ1n) is 8.33. The minimum atomic E-state index is 0.459. The normalized spacial score (nSPS) is 29.5. The molecule has 0 spiro atoms. The van der Waals surface area contributed by atoms with Crippen LogP contribution >= 0.6 is 0 Å². The van der Waals surface area contributed by atoms with Crippen molar-refractivity contribution in [3.63, 3.8) is 0 Å². The lowest BCUT2D eigenvalue weighted by Gasteiger charge is -2.32. The molecule has 2 aliphatic rings. The van der Waals surface area contributed by atoms with Crippen LogP contribution < -0.4 is 11.5 Å². The van der Waals surface area contributed by atoms with Gasteiger partial charge in [0, 0.05) is 12.1 Å². The van der Waals surface area contributed by atoms with Crippen LogP contribution in [0.2, 0.25) is 0 Å². The monoisotopic (exact) mass is 294 g/mol. The fourth-order valence-corrected chi connectivity index (χ4v) is 3.32. The van der Waals surface area contributed by atoms with Crippen LogP contribution in [0.25, 0.3) is 0 Å². The van der Waals surface area contributed by atoms with Gasteiger partial charge in [0.1, 0.15) is 0 Å². The average Bonchev–Trinajstić information content (AvgIpc) is 2.51. The number of rotatable bonds is 2. The van der Waals surface area contributed by atoms with Gasteiger partial charge in [-0.2, -0.15) is 0 Å². The smallest absolute Gasteiger partial charge is 0.00504 e. The summed E-state index contributed by atoms with van der Waals surface area (Å²) >= 11 is 0. The Balaban J connectivity index is 0.000000131. The third kappa shape index (κ3) is 3.76. The van der Waals surface area contributed by atoms with E-state index in [1.165, 1.54) is 36.8 Å². The largest absolute Gasteiger partial charge is 0.328 e. The molecule has 0 aromatic heterocycles. The van der Waals surface area contributed by atoms with Crippen LogP contribution in [0.1, 0.15) is 48.6 Å². The highest BCUT2D eigenvalue weighted by Crippen LogP contribution is 2.35. The minimum Gasteiger partial charge on any atom is -0.328 e. The summed E-state index contributed by atoms with van der Waals surface area (Å²) in [6.07, 6.45) is 4.68. The molecule has 4 rings (SSSR count). The van der Waals surface area contributed by atoms with Gasteiger partial charge in [-0.15, -0.1) is 0 Å². The highest BCUT2D eigenvalue weighted by molar-refractivity contribution is 5.23. The molecule has 2 nitrogen and oxygen atoms in total. The van der Waals surface area contributed by atoms with E-state index >= 15 is 0 Å². The maximum absolute atomic E-state index is 5.71. The van der Waals surface area contributed by atoms with E-state index in [0.29, 0.717) is 12.1 Å². The highest BCUT2D eigenvalue weighted by Gasteiger charge is 2.27. The van der Waals surface area contributed by atoms with Crippen molar-refractivity contribution in [3.05, 3.63) is 71.8 Å². The predicted octanol–water partition coefficient (Wildman–Crippen LogP) is 3.78. The quantitative estimate of drug-likeness (QED) is 0.885. The maximum atomic E-state index is 5.71. The molecule has 2 aromatic rings. The summed E-state index contributed by atoms with van der Waals surface area (Å²) in [5.41, 5.74) is 14.3. The zero-order valence-electron chi connectivity index (χ0n) is 13.1. The SMILES string of the molecule is NC1CC(c2ccccc2)C1.NC1CC(c2ccccc2)C1. The molecule has 22 heavy (non-hydrogen) atoms. The molecule has 0 unspecified atom stereocenters. The summed E-state index contributed by atoms with van der Waals surface area (Å²) in [5, 5.41) is 0. The van der Waals surface area contributed by atoms with Gasteiger partial charge in [-0.1, -0.05) is 60.7 Å². The van der Waals surface area contributed by atoms with E-state index in [9.17, 15) is 0 Å². The lowest BCUT2D eigenvalue weighted by atomic mass is 9.76. The van der Waals surface area contributed by atoms with E-state index in [2.05, 4.69) is 60.7 Å². The van der Waals surface area contributed by atoms with Crippen LogP contribution in [0.15, 0.2) is 60.7 Å². The van der Waals surface area contributed by atoms with Crippen molar-refractivity contribution in [1.29, 1.82) is 0 Å². The second kappa shape index (κ2) is 7.08. The van der Waals surface area contributed by atoms with Crippen LogP contribution in [0.4, 0.5) is 0 Å². The molecule has 0 aliphatic heterocycles. The molecule has 0 amide bonds. The Morgan fingerprint density at radius 2 is 0.864 bits per heavy atom. The minimum absolute atomic E-state index is 0.459. The van der Waals surface area contributed by atoms with Gasteiger partial charge in [0.2, 0.25) is 0 Å². The molecular formula is C20H26N2. The van der Waals surface area contributed by atoms with Crippen molar-refractivity contribution < 1.29 is 0 Å². The number of benzene rings is 2. The molecule has 4 N–H and O–H groups in total. The summed E-state index contributed by atoms with van der Waals surface area (Å²) in [4.78, 5) is 0. The molecule has 0 atom stereocenters. The lowest BCUT2D eigenvalue weighted by molar-refractivity contribution is 0.351. The summed E-state index contributed by atoms with van der Waals surface area (Å²) in [6.45, 7) is 0. The molecule has 2 aromatic carbocycles. The Hall–Kier alpha value is -1.64. The van der Waals surface area contributed by atoms with Gasteiger partial charge in [-0.25, -0.2) is 0 Å². The number of hydrogen-bond donors (Lipinski definition) is 2. The fraction of sp³-hybridized carbons (Fsp3) is 0.400. The predicted molar refractivity (Wildman–Crippen MR) is 92.8 cm³/mol. The standard InChI is InChI=1S/2C10H13N/c2*11-10-6-9(7-10)8-4-2-1-3-5-8/h2*1-5,9-10H,6-7,11H2. The third-order valence-corrected chi connectivity index (χ3v) is 4.89. The van der Waals surface area contributed by atoms with Gasteiger partial charge < -0.3 is 11.5 Å². The van der Waals surface area contributed by atoms with Crippen molar-refractivity contribution in [2.45, 2.75) is 49.6 Å². The second-order valence-corrected chi connectivity index (χ2v) is 6.68. The first kappa shape index (κ1) is 15.3. The molecule has 116 valence electrons. The van der Waals surface area contributed by atoms with Crippen LogP contribution in [0, 0.1) is 0 Å². The van der Waals surface area contributed by atoms with Crippen molar-refractivity contribution in [3.8, 4) is 0 Å². The lowest BCUT2D eigenvalue weighted by Crippen LogP contribution is -2.34. The van der Waals surface area contributed by atoms with E-state index in [0.717, 1.165) is 11.8 Å². The Kier molecular flexibility index (Phi) is 4.91. The van der Waals surface area contributed by atoms with Gasteiger partial charge in [0.05, 0.1) is 0 Å². The Labute approximate surface area is 133 Å². The molecule has 2 saturated carbocycles. The molecule has 0 heterocycles. The van der Waals surface area contributed by atoms with E-state index in [-0.39, 0.29) is 0 Å². The molecule has 0 saturated heterocycles. The van der Waals surface area contributed by atoms with Crippen molar-refractivity contribution in [2.75, 3.05) is 0 Å². The zero-order valence-corrected chi connectivity index (χ0v) is 13.1. The Morgan fingerprint density at radius 3 is 1.14 bits per heavy atom. The van der Waals surface area contributed by atoms with Crippen molar-refractivity contribution in [2.24, 2.45) is 11.5 Å². The summed E-state index contributed by atoms with van der Waals surface area (Å²) < 4.78 is 0. The van der Waals surface area contributed by atoms with Crippen LogP contribution in [-0.2, 0) is 0 Å². The first-order chi connectivity index (χ1) is 10.7. The van der Waals surface area contributed by atoms with Crippen LogP contribution in [-0.4, -0.2) is 12.1 Å². The van der Waals surface area contributed by atoms with E-state index in [4.69, 9.17) is 11.5 Å². The topological polar surface area (TPSA) is 52.0 Å². The van der Waals surface area contributed by atoms with E-state index in [1.807, 2.05) is 0 Å². The van der Waals surface area contributed by atoms with E-state index in [1.54, 1.807) is 0 Å². The van der Waals surface area contributed by atoms with Gasteiger partial charge in [-0.3, -0.25) is 0 Å². The molecular weight excluding hydrogens is 268 g/mol. The van der Waals surface area contributed by atoms with Crippen LogP contribution in [0.5, 0.6) is 0 Å². The second-order valence-electron chi connectivity index (χ2n) is 6.68.